The number of fused-ring (bicyclic) bond motifs is 2. The Balaban J connectivity index is 1.47. The van der Waals surface area contributed by atoms with Crippen molar-refractivity contribution in [3.8, 4) is 22.6 Å². The van der Waals surface area contributed by atoms with E-state index in [4.69, 9.17) is 9.97 Å². The van der Waals surface area contributed by atoms with Crippen LogP contribution in [0.5, 0.6) is 0 Å². The molecule has 0 radical (unpaired) electrons. The van der Waals surface area contributed by atoms with Gasteiger partial charge in [-0.1, -0.05) is 30.3 Å². The summed E-state index contributed by atoms with van der Waals surface area (Å²) in [6.45, 7) is 2.09. The second kappa shape index (κ2) is 7.03. The first-order chi connectivity index (χ1) is 14.9. The lowest BCUT2D eigenvalue weighted by Crippen LogP contribution is -2.27. The van der Waals surface area contributed by atoms with E-state index >= 15 is 0 Å². The summed E-state index contributed by atoms with van der Waals surface area (Å²) in [5.41, 5.74) is 7.52. The molecule has 0 saturated carbocycles. The number of benzene rings is 1. The molecule has 1 saturated heterocycles. The van der Waals surface area contributed by atoms with E-state index in [1.807, 2.05) is 24.4 Å². The van der Waals surface area contributed by atoms with E-state index in [1.165, 1.54) is 0 Å². The predicted octanol–water partition coefficient (Wildman–Crippen LogP) is 4.03. The molecule has 5 heterocycles. The molecule has 1 aliphatic heterocycles. The highest BCUT2D eigenvalue weighted by atomic mass is 15.2. The lowest BCUT2D eigenvalue weighted by molar-refractivity contribution is 0.454. The Morgan fingerprint density at radius 1 is 0.833 bits per heavy atom. The van der Waals surface area contributed by atoms with Gasteiger partial charge in [0.1, 0.15) is 5.52 Å². The van der Waals surface area contributed by atoms with Gasteiger partial charge in [0.15, 0.2) is 11.5 Å². The van der Waals surface area contributed by atoms with E-state index in [9.17, 15) is 0 Å². The van der Waals surface area contributed by atoms with Gasteiger partial charge in [0.05, 0.1) is 22.7 Å². The van der Waals surface area contributed by atoms with Gasteiger partial charge in [0.25, 0.3) is 0 Å². The molecule has 7 heteroatoms. The molecule has 148 valence electrons. The maximum absolute atomic E-state index is 4.99. The molecule has 3 N–H and O–H groups in total. The second-order valence-corrected chi connectivity index (χ2v) is 7.76. The molecular formula is C23H21N7. The van der Waals surface area contributed by atoms with Gasteiger partial charge < -0.3 is 10.3 Å². The van der Waals surface area contributed by atoms with Crippen LogP contribution < -0.4 is 5.32 Å². The number of aromatic amines is 2. The highest BCUT2D eigenvalue weighted by Crippen LogP contribution is 2.31. The minimum atomic E-state index is 0.489. The van der Waals surface area contributed by atoms with Crippen LogP contribution in [0.15, 0.2) is 54.9 Å². The van der Waals surface area contributed by atoms with E-state index in [2.05, 4.69) is 49.7 Å². The Bertz CT molecular complexity index is 1330. The van der Waals surface area contributed by atoms with Crippen LogP contribution in [0, 0.1) is 0 Å². The Hall–Kier alpha value is -3.58. The number of imidazole rings is 1. The van der Waals surface area contributed by atoms with Gasteiger partial charge in [-0.05, 0) is 43.6 Å². The van der Waals surface area contributed by atoms with Gasteiger partial charge in [-0.15, -0.1) is 0 Å². The van der Waals surface area contributed by atoms with Crippen molar-refractivity contribution in [2.45, 2.75) is 18.8 Å². The summed E-state index contributed by atoms with van der Waals surface area (Å²) in [7, 11) is 0. The Morgan fingerprint density at radius 2 is 1.70 bits per heavy atom. The minimum Gasteiger partial charge on any atom is -0.335 e. The van der Waals surface area contributed by atoms with Crippen LogP contribution in [0.4, 0.5) is 0 Å². The first kappa shape index (κ1) is 17.3. The van der Waals surface area contributed by atoms with Crippen LogP contribution in [0.1, 0.15) is 24.5 Å². The van der Waals surface area contributed by atoms with Gasteiger partial charge in [0.2, 0.25) is 0 Å². The van der Waals surface area contributed by atoms with Crippen molar-refractivity contribution < 1.29 is 0 Å². The van der Waals surface area contributed by atoms with Crippen molar-refractivity contribution in [3.63, 3.8) is 0 Å². The molecular weight excluding hydrogens is 374 g/mol. The fourth-order valence-corrected chi connectivity index (χ4v) is 4.30. The molecule has 0 unspecified atom stereocenters. The molecule has 1 aromatic carbocycles. The van der Waals surface area contributed by atoms with Crippen LogP contribution in [0.3, 0.4) is 0 Å². The fourth-order valence-electron chi connectivity index (χ4n) is 4.30. The maximum Gasteiger partial charge on any atom is 0.161 e. The predicted molar refractivity (Wildman–Crippen MR) is 117 cm³/mol. The zero-order valence-corrected chi connectivity index (χ0v) is 16.4. The van der Waals surface area contributed by atoms with Crippen LogP contribution >= 0.6 is 0 Å². The molecule has 5 aromatic rings. The monoisotopic (exact) mass is 395 g/mol. The van der Waals surface area contributed by atoms with Crippen molar-refractivity contribution in [2.75, 3.05) is 13.1 Å². The van der Waals surface area contributed by atoms with Crippen molar-refractivity contribution in [1.82, 2.24) is 35.5 Å². The molecule has 4 aromatic heterocycles. The lowest BCUT2D eigenvalue weighted by Gasteiger charge is -2.22. The third-order valence-electron chi connectivity index (χ3n) is 5.89. The molecule has 0 aliphatic carbocycles. The summed E-state index contributed by atoms with van der Waals surface area (Å²) >= 11 is 0. The van der Waals surface area contributed by atoms with E-state index in [-0.39, 0.29) is 0 Å². The Labute approximate surface area is 173 Å². The molecule has 1 fully saturated rings. The normalized spacial score (nSPS) is 15.2. The standard InChI is InChI=1S/C23H21N7/c1-2-4-14(5-3-1)16-12-25-13-19-20(16)28-23(27-19)22-21-18(29-30-22)7-6-17(26-21)15-8-10-24-11-9-15/h1-7,12-13,15,24H,8-11H2,(H,27,28)(H,29,30). The number of nitrogens with zero attached hydrogens (tertiary/aromatic N) is 4. The van der Waals surface area contributed by atoms with Crippen molar-refractivity contribution in [3.05, 3.63) is 60.6 Å². The molecule has 0 bridgehead atoms. The van der Waals surface area contributed by atoms with E-state index in [1.54, 1.807) is 6.20 Å². The minimum absolute atomic E-state index is 0.489. The Kier molecular flexibility index (Phi) is 4.06. The highest BCUT2D eigenvalue weighted by molar-refractivity contribution is 5.95. The zero-order chi connectivity index (χ0) is 19.9. The van der Waals surface area contributed by atoms with Crippen molar-refractivity contribution >= 4 is 22.1 Å². The van der Waals surface area contributed by atoms with Crippen LogP contribution in [0.25, 0.3) is 44.7 Å². The second-order valence-electron chi connectivity index (χ2n) is 7.76. The first-order valence-electron chi connectivity index (χ1n) is 10.3. The SMILES string of the molecule is c1ccc(-c2cncc3[nH]c(-c4n[nH]c5ccc(C6CCNCC6)nc45)nc23)cc1. The molecule has 6 rings (SSSR count). The van der Waals surface area contributed by atoms with Gasteiger partial charge in [-0.3, -0.25) is 10.1 Å². The average Bonchev–Trinajstić information content (AvgIpc) is 3.43. The quantitative estimate of drug-likeness (QED) is 0.429. The highest BCUT2D eigenvalue weighted by Gasteiger charge is 2.20. The van der Waals surface area contributed by atoms with Gasteiger partial charge in [0, 0.05) is 23.4 Å². The average molecular weight is 395 g/mol. The third kappa shape index (κ3) is 2.86. The molecule has 30 heavy (non-hydrogen) atoms. The summed E-state index contributed by atoms with van der Waals surface area (Å²) in [5, 5.41) is 11.1. The summed E-state index contributed by atoms with van der Waals surface area (Å²) in [6, 6.07) is 14.4. The van der Waals surface area contributed by atoms with Crippen molar-refractivity contribution in [2.24, 2.45) is 0 Å². The first-order valence-corrected chi connectivity index (χ1v) is 10.3. The molecule has 0 atom stereocenters. The van der Waals surface area contributed by atoms with Gasteiger partial charge in [-0.25, -0.2) is 9.97 Å². The smallest absolute Gasteiger partial charge is 0.161 e. The summed E-state index contributed by atoms with van der Waals surface area (Å²) in [5.74, 6) is 1.19. The number of pyridine rings is 2. The van der Waals surface area contributed by atoms with E-state index in [0.29, 0.717) is 11.7 Å². The number of nitrogens with one attached hydrogen (secondary N) is 3. The third-order valence-corrected chi connectivity index (χ3v) is 5.89. The fraction of sp³-hybridized carbons (Fsp3) is 0.217. The molecule has 0 amide bonds. The van der Waals surface area contributed by atoms with E-state index < -0.39 is 0 Å². The number of hydrogen-bond acceptors (Lipinski definition) is 5. The topological polar surface area (TPSA) is 95.2 Å². The van der Waals surface area contributed by atoms with Gasteiger partial charge in [-0.2, -0.15) is 5.10 Å². The summed E-state index contributed by atoms with van der Waals surface area (Å²) < 4.78 is 0. The van der Waals surface area contributed by atoms with Crippen LogP contribution in [-0.2, 0) is 0 Å². The van der Waals surface area contributed by atoms with Crippen molar-refractivity contribution in [1.29, 1.82) is 0 Å². The van der Waals surface area contributed by atoms with E-state index in [0.717, 1.165) is 70.5 Å². The number of rotatable bonds is 3. The largest absolute Gasteiger partial charge is 0.335 e. The van der Waals surface area contributed by atoms with Crippen LogP contribution in [0.2, 0.25) is 0 Å². The Morgan fingerprint density at radius 3 is 2.57 bits per heavy atom. The zero-order valence-electron chi connectivity index (χ0n) is 16.4. The maximum atomic E-state index is 4.99. The van der Waals surface area contributed by atoms with Gasteiger partial charge >= 0.3 is 0 Å². The number of piperidine rings is 1. The summed E-state index contributed by atoms with van der Waals surface area (Å²) in [6.07, 6.45) is 5.89. The molecule has 0 spiro atoms. The number of hydrogen-bond donors (Lipinski definition) is 3. The summed E-state index contributed by atoms with van der Waals surface area (Å²) in [4.78, 5) is 17.7. The lowest BCUT2D eigenvalue weighted by atomic mass is 9.94. The van der Waals surface area contributed by atoms with Crippen LogP contribution in [-0.4, -0.2) is 43.2 Å². The molecule has 7 nitrogen and oxygen atoms in total. The molecule has 1 aliphatic rings. The number of H-pyrrole nitrogens is 2. The number of aromatic nitrogens is 6.